The Labute approximate surface area is 240 Å². The zero-order valence-corrected chi connectivity index (χ0v) is 23.7. The maximum Gasteiger partial charge on any atom is 0.262 e. The number of benzene rings is 1. The summed E-state index contributed by atoms with van der Waals surface area (Å²) in [5.41, 5.74) is 0.918. The van der Waals surface area contributed by atoms with Crippen LogP contribution in [0.25, 0.3) is 21.3 Å². The molecular weight excluding hydrogens is 548 g/mol. The minimum atomic E-state index is -2.81. The highest BCUT2D eigenvalue weighted by Crippen LogP contribution is 2.46. The van der Waals surface area contributed by atoms with Gasteiger partial charge in [-0.1, -0.05) is 30.3 Å². The molecule has 3 aromatic heterocycles. The van der Waals surface area contributed by atoms with Crippen molar-refractivity contribution in [3.05, 3.63) is 70.4 Å². The molecule has 1 saturated heterocycles. The Morgan fingerprint density at radius 2 is 1.93 bits per heavy atom. The summed E-state index contributed by atoms with van der Waals surface area (Å²) in [7, 11) is 0. The van der Waals surface area contributed by atoms with Crippen molar-refractivity contribution in [2.45, 2.75) is 69.6 Å². The van der Waals surface area contributed by atoms with Crippen molar-refractivity contribution < 1.29 is 18.7 Å². The van der Waals surface area contributed by atoms with Gasteiger partial charge in [0.05, 0.1) is 40.5 Å². The summed E-state index contributed by atoms with van der Waals surface area (Å²) in [6.45, 7) is 3.21. The smallest absolute Gasteiger partial charge is 0.262 e. The van der Waals surface area contributed by atoms with Gasteiger partial charge in [-0.25, -0.2) is 13.8 Å². The second kappa shape index (κ2) is 10.8. The molecule has 11 heteroatoms. The van der Waals surface area contributed by atoms with Crippen LogP contribution in [0.4, 0.5) is 8.78 Å². The largest absolute Gasteiger partial charge is 0.388 e. The van der Waals surface area contributed by atoms with Gasteiger partial charge in [0, 0.05) is 55.9 Å². The molecule has 4 heterocycles. The lowest BCUT2D eigenvalue weighted by Crippen LogP contribution is -2.52. The van der Waals surface area contributed by atoms with E-state index in [1.54, 1.807) is 22.0 Å². The van der Waals surface area contributed by atoms with Crippen LogP contribution in [0.3, 0.4) is 0 Å². The predicted octanol–water partition coefficient (Wildman–Crippen LogP) is 4.91. The van der Waals surface area contributed by atoms with E-state index in [0.717, 1.165) is 10.4 Å². The van der Waals surface area contributed by atoms with Crippen molar-refractivity contribution in [3.8, 4) is 10.4 Å². The van der Waals surface area contributed by atoms with Crippen LogP contribution in [0.5, 0.6) is 0 Å². The summed E-state index contributed by atoms with van der Waals surface area (Å²) in [6, 6.07) is 9.79. The van der Waals surface area contributed by atoms with E-state index in [4.69, 9.17) is 0 Å². The van der Waals surface area contributed by atoms with Gasteiger partial charge < -0.3 is 10.0 Å². The normalized spacial score (nSPS) is 22.2. The standard InChI is InChI=1S/C30H33F2N5O3S/c1-2-37-16-21(15-34-37)23-14-30(31,32)9-8-22(23)27(38)35-12-10-29(40,11-13-35)18-36-19-33-25-24(28(36)39)17-41-26(25)20-6-4-3-5-7-20/h3-7,15-17,19,22-23,40H,2,8-14,18H2,1H3/t22-,23+/m1/s1. The van der Waals surface area contributed by atoms with Crippen LogP contribution in [0.15, 0.2) is 59.2 Å². The van der Waals surface area contributed by atoms with Crippen LogP contribution in [-0.4, -0.2) is 59.9 Å². The fourth-order valence-electron chi connectivity index (χ4n) is 6.25. The molecule has 2 fully saturated rings. The minimum absolute atomic E-state index is 0.0712. The number of likely N-dealkylation sites (tertiary alicyclic amines) is 1. The van der Waals surface area contributed by atoms with E-state index in [2.05, 4.69) is 10.1 Å². The Morgan fingerprint density at radius 3 is 2.63 bits per heavy atom. The number of alkyl halides is 2. The maximum absolute atomic E-state index is 14.4. The van der Waals surface area contributed by atoms with Gasteiger partial charge in [0.25, 0.3) is 5.56 Å². The predicted molar refractivity (Wildman–Crippen MR) is 153 cm³/mol. The summed E-state index contributed by atoms with van der Waals surface area (Å²) in [4.78, 5) is 34.1. The second-order valence-electron chi connectivity index (χ2n) is 11.4. The molecule has 1 aliphatic carbocycles. The second-order valence-corrected chi connectivity index (χ2v) is 12.2. The Kier molecular flexibility index (Phi) is 7.27. The molecule has 2 aliphatic rings. The molecule has 1 aromatic carbocycles. The number of hydrogen-bond acceptors (Lipinski definition) is 6. The van der Waals surface area contributed by atoms with Crippen LogP contribution in [-0.2, 0) is 17.9 Å². The molecule has 0 bridgehead atoms. The third-order valence-corrected chi connectivity index (χ3v) is 9.66. The van der Waals surface area contributed by atoms with E-state index in [-0.39, 0.29) is 50.1 Å². The first-order valence-electron chi connectivity index (χ1n) is 14.1. The highest BCUT2D eigenvalue weighted by molar-refractivity contribution is 7.15. The molecule has 8 nitrogen and oxygen atoms in total. The molecule has 0 radical (unpaired) electrons. The number of aryl methyl sites for hydroxylation is 1. The van der Waals surface area contributed by atoms with Crippen molar-refractivity contribution in [2.75, 3.05) is 13.1 Å². The Bertz CT molecular complexity index is 1610. The summed E-state index contributed by atoms with van der Waals surface area (Å²) < 4.78 is 32.0. The van der Waals surface area contributed by atoms with Crippen molar-refractivity contribution in [1.29, 1.82) is 0 Å². The van der Waals surface area contributed by atoms with E-state index in [0.29, 0.717) is 36.1 Å². The first-order valence-corrected chi connectivity index (χ1v) is 15.0. The number of piperidine rings is 1. The molecule has 2 atom stereocenters. The van der Waals surface area contributed by atoms with E-state index in [1.807, 2.05) is 42.6 Å². The topological polar surface area (TPSA) is 93.2 Å². The number of fused-ring (bicyclic) bond motifs is 1. The number of aromatic nitrogens is 4. The third kappa shape index (κ3) is 5.44. The monoisotopic (exact) mass is 581 g/mol. The lowest BCUT2D eigenvalue weighted by atomic mass is 9.73. The molecular formula is C30H33F2N5O3S. The molecule has 0 spiro atoms. The van der Waals surface area contributed by atoms with Crippen LogP contribution >= 0.6 is 11.3 Å². The summed E-state index contributed by atoms with van der Waals surface area (Å²) >= 11 is 1.47. The van der Waals surface area contributed by atoms with E-state index < -0.39 is 23.4 Å². The maximum atomic E-state index is 14.4. The van der Waals surface area contributed by atoms with Gasteiger partial charge in [0.15, 0.2) is 0 Å². The lowest BCUT2D eigenvalue weighted by Gasteiger charge is -2.42. The summed E-state index contributed by atoms with van der Waals surface area (Å²) in [5, 5.41) is 18.0. The number of amides is 1. The number of aliphatic hydroxyl groups is 1. The number of hydrogen-bond donors (Lipinski definition) is 1. The highest BCUT2D eigenvalue weighted by atomic mass is 32.1. The molecule has 1 amide bonds. The number of nitrogens with zero attached hydrogens (tertiary/aromatic N) is 5. The minimum Gasteiger partial charge on any atom is -0.388 e. The first kappa shape index (κ1) is 27.7. The Balaban J connectivity index is 1.15. The number of carbonyl (C=O) groups is 1. The van der Waals surface area contributed by atoms with Gasteiger partial charge in [-0.15, -0.1) is 11.3 Å². The van der Waals surface area contributed by atoms with Gasteiger partial charge in [-0.2, -0.15) is 5.10 Å². The molecule has 1 N–H and O–H groups in total. The number of carbonyl (C=O) groups excluding carboxylic acids is 1. The average molecular weight is 582 g/mol. The fraction of sp³-hybridized carbons (Fsp3) is 0.467. The Hall–Kier alpha value is -3.44. The van der Waals surface area contributed by atoms with Gasteiger partial charge in [-0.3, -0.25) is 18.8 Å². The zero-order valence-electron chi connectivity index (χ0n) is 22.9. The quantitative estimate of drug-likeness (QED) is 0.349. The lowest BCUT2D eigenvalue weighted by molar-refractivity contribution is -0.145. The molecule has 216 valence electrons. The zero-order chi connectivity index (χ0) is 28.8. The molecule has 6 rings (SSSR count). The van der Waals surface area contributed by atoms with Crippen molar-refractivity contribution >= 4 is 28.1 Å². The van der Waals surface area contributed by atoms with Crippen LogP contribution in [0.2, 0.25) is 0 Å². The SMILES string of the molecule is CCn1cc([C@@H]2CC(F)(F)CC[C@H]2C(=O)N2CCC(O)(Cn3cnc4c(-c5ccccc5)scc4c3=O)CC2)cn1. The van der Waals surface area contributed by atoms with E-state index >= 15 is 0 Å². The van der Waals surface area contributed by atoms with Gasteiger partial charge in [0.1, 0.15) is 0 Å². The number of halogens is 2. The summed E-state index contributed by atoms with van der Waals surface area (Å²) in [6.07, 6.45) is 4.84. The van der Waals surface area contributed by atoms with Gasteiger partial charge >= 0.3 is 0 Å². The van der Waals surface area contributed by atoms with E-state index in [9.17, 15) is 23.5 Å². The van der Waals surface area contributed by atoms with Gasteiger partial charge in [0.2, 0.25) is 11.8 Å². The van der Waals surface area contributed by atoms with Crippen molar-refractivity contribution in [1.82, 2.24) is 24.2 Å². The van der Waals surface area contributed by atoms with Crippen molar-refractivity contribution in [3.63, 3.8) is 0 Å². The van der Waals surface area contributed by atoms with Crippen LogP contribution in [0, 0.1) is 5.92 Å². The highest BCUT2D eigenvalue weighted by Gasteiger charge is 2.47. The molecule has 1 aliphatic heterocycles. The number of rotatable bonds is 6. The molecule has 41 heavy (non-hydrogen) atoms. The van der Waals surface area contributed by atoms with E-state index in [1.165, 1.54) is 22.2 Å². The number of thiophene rings is 1. The Morgan fingerprint density at radius 1 is 1.17 bits per heavy atom. The third-order valence-electron chi connectivity index (χ3n) is 8.64. The molecule has 1 saturated carbocycles. The van der Waals surface area contributed by atoms with Crippen LogP contribution in [0.1, 0.15) is 50.5 Å². The van der Waals surface area contributed by atoms with Crippen LogP contribution < -0.4 is 5.56 Å². The van der Waals surface area contributed by atoms with Gasteiger partial charge in [-0.05, 0) is 37.3 Å². The fourth-order valence-corrected chi connectivity index (χ4v) is 7.24. The molecule has 0 unspecified atom stereocenters. The molecule has 4 aromatic rings. The van der Waals surface area contributed by atoms with Crippen molar-refractivity contribution in [2.24, 2.45) is 5.92 Å². The average Bonchev–Trinajstić information content (AvgIpc) is 3.63. The first-order chi connectivity index (χ1) is 19.7. The summed E-state index contributed by atoms with van der Waals surface area (Å²) in [5.74, 6) is -4.12.